The van der Waals surface area contributed by atoms with Gasteiger partial charge in [0.1, 0.15) is 11.9 Å². The molecule has 0 atom stereocenters. The van der Waals surface area contributed by atoms with E-state index in [4.69, 9.17) is 11.0 Å². The van der Waals surface area contributed by atoms with Gasteiger partial charge in [0.15, 0.2) is 5.69 Å². The summed E-state index contributed by atoms with van der Waals surface area (Å²) in [5.41, 5.74) is 7.21. The third-order valence-electron chi connectivity index (χ3n) is 2.96. The number of hydrogen-bond donors (Lipinski definition) is 1. The van der Waals surface area contributed by atoms with E-state index in [-0.39, 0.29) is 22.8 Å². The van der Waals surface area contributed by atoms with Gasteiger partial charge in [-0.2, -0.15) is 5.26 Å². The molecule has 0 spiro atoms. The average molecular weight is 273 g/mol. The van der Waals surface area contributed by atoms with E-state index in [0.717, 1.165) is 0 Å². The van der Waals surface area contributed by atoms with E-state index in [2.05, 4.69) is 4.74 Å². The van der Waals surface area contributed by atoms with Crippen molar-refractivity contribution in [2.45, 2.75) is 6.92 Å². The SMILES string of the molecule is COC(=O)c1c(N)c(C#N)cn1-c1ccc(F)cc1C. The first kappa shape index (κ1) is 13.6. The first-order chi connectivity index (χ1) is 9.49. The molecule has 0 amide bonds. The van der Waals surface area contributed by atoms with Crippen LogP contribution in [0, 0.1) is 24.1 Å². The predicted molar refractivity (Wildman–Crippen MR) is 70.9 cm³/mol. The van der Waals surface area contributed by atoms with Crippen molar-refractivity contribution < 1.29 is 13.9 Å². The molecule has 102 valence electrons. The molecule has 2 rings (SSSR count). The van der Waals surface area contributed by atoms with Crippen LogP contribution < -0.4 is 5.73 Å². The molecule has 0 aliphatic rings. The number of nitrogens with two attached hydrogens (primary N) is 1. The Kier molecular flexibility index (Phi) is 3.44. The van der Waals surface area contributed by atoms with E-state index in [1.165, 1.54) is 36.1 Å². The van der Waals surface area contributed by atoms with Gasteiger partial charge < -0.3 is 15.0 Å². The number of carbonyl (C=O) groups is 1. The lowest BCUT2D eigenvalue weighted by Crippen LogP contribution is -2.11. The van der Waals surface area contributed by atoms with Crippen LogP contribution in [0.4, 0.5) is 10.1 Å². The molecule has 5 nitrogen and oxygen atoms in total. The molecule has 1 aromatic heterocycles. The summed E-state index contributed by atoms with van der Waals surface area (Å²) in [4.78, 5) is 11.8. The normalized spacial score (nSPS) is 10.1. The number of esters is 1. The Morgan fingerprint density at radius 2 is 2.20 bits per heavy atom. The number of anilines is 1. The fourth-order valence-corrected chi connectivity index (χ4v) is 1.99. The lowest BCUT2D eigenvalue weighted by atomic mass is 10.2. The van der Waals surface area contributed by atoms with Gasteiger partial charge >= 0.3 is 5.97 Å². The summed E-state index contributed by atoms with van der Waals surface area (Å²) in [6, 6.07) is 6.02. The maximum atomic E-state index is 13.2. The molecule has 0 bridgehead atoms. The standard InChI is InChI=1S/C14H12FN3O2/c1-8-5-10(15)3-4-11(8)18-7-9(6-16)12(17)13(18)14(19)20-2/h3-5,7H,17H2,1-2H3. The molecule has 0 radical (unpaired) electrons. The number of hydrogen-bond acceptors (Lipinski definition) is 4. The molecule has 1 aromatic carbocycles. The highest BCUT2D eigenvalue weighted by Gasteiger charge is 2.22. The van der Waals surface area contributed by atoms with Gasteiger partial charge in [0.25, 0.3) is 0 Å². The topological polar surface area (TPSA) is 81.0 Å². The molecule has 1 heterocycles. The van der Waals surface area contributed by atoms with Crippen LogP contribution in [-0.2, 0) is 4.74 Å². The summed E-state index contributed by atoms with van der Waals surface area (Å²) in [7, 11) is 1.22. The van der Waals surface area contributed by atoms with Crippen molar-refractivity contribution in [3.05, 3.63) is 47.0 Å². The second-order valence-corrected chi connectivity index (χ2v) is 4.21. The Morgan fingerprint density at radius 3 is 2.75 bits per heavy atom. The van der Waals surface area contributed by atoms with Crippen LogP contribution in [0.25, 0.3) is 5.69 Å². The molecule has 0 aliphatic carbocycles. The van der Waals surface area contributed by atoms with Crippen LogP contribution in [-0.4, -0.2) is 17.6 Å². The van der Waals surface area contributed by atoms with Crippen molar-refractivity contribution in [2.75, 3.05) is 12.8 Å². The number of benzene rings is 1. The number of aromatic nitrogens is 1. The molecule has 6 heteroatoms. The molecule has 2 N–H and O–H groups in total. The Bertz CT molecular complexity index is 729. The highest BCUT2D eigenvalue weighted by atomic mass is 19.1. The Hall–Kier alpha value is -2.81. The molecule has 2 aromatic rings. The zero-order chi connectivity index (χ0) is 14.9. The zero-order valence-corrected chi connectivity index (χ0v) is 11.0. The van der Waals surface area contributed by atoms with Gasteiger partial charge in [0, 0.05) is 11.9 Å². The maximum Gasteiger partial charge on any atom is 0.357 e. The number of carbonyl (C=O) groups excluding carboxylic acids is 1. The lowest BCUT2D eigenvalue weighted by Gasteiger charge is -2.11. The molecule has 0 saturated carbocycles. The van der Waals surface area contributed by atoms with Crippen LogP contribution in [0.3, 0.4) is 0 Å². The number of rotatable bonds is 2. The first-order valence-corrected chi connectivity index (χ1v) is 5.75. The minimum atomic E-state index is -0.660. The van der Waals surface area contributed by atoms with Crippen molar-refractivity contribution in [1.29, 1.82) is 5.26 Å². The summed E-state index contributed by atoms with van der Waals surface area (Å²) >= 11 is 0. The number of nitrogens with zero attached hydrogens (tertiary/aromatic N) is 2. The van der Waals surface area contributed by atoms with Crippen molar-refractivity contribution in [1.82, 2.24) is 4.57 Å². The third-order valence-corrected chi connectivity index (χ3v) is 2.96. The zero-order valence-electron chi connectivity index (χ0n) is 11.0. The minimum Gasteiger partial charge on any atom is -0.464 e. The van der Waals surface area contributed by atoms with Gasteiger partial charge in [0.2, 0.25) is 0 Å². The first-order valence-electron chi connectivity index (χ1n) is 5.75. The van der Waals surface area contributed by atoms with Gasteiger partial charge in [-0.25, -0.2) is 9.18 Å². The highest BCUT2D eigenvalue weighted by Crippen LogP contribution is 2.26. The average Bonchev–Trinajstić information content (AvgIpc) is 2.74. The Morgan fingerprint density at radius 1 is 1.50 bits per heavy atom. The van der Waals surface area contributed by atoms with Crippen LogP contribution in [0.2, 0.25) is 0 Å². The summed E-state index contributed by atoms with van der Waals surface area (Å²) in [6.45, 7) is 1.70. The monoisotopic (exact) mass is 273 g/mol. The molecule has 0 saturated heterocycles. The number of ether oxygens (including phenoxy) is 1. The predicted octanol–water partition coefficient (Wildman–Crippen LogP) is 2.17. The smallest absolute Gasteiger partial charge is 0.357 e. The second-order valence-electron chi connectivity index (χ2n) is 4.21. The fourth-order valence-electron chi connectivity index (χ4n) is 1.99. The largest absolute Gasteiger partial charge is 0.464 e. The lowest BCUT2D eigenvalue weighted by molar-refractivity contribution is 0.0593. The highest BCUT2D eigenvalue weighted by molar-refractivity contribution is 5.96. The van der Waals surface area contributed by atoms with Crippen LogP contribution in [0.5, 0.6) is 0 Å². The number of methoxy groups -OCH3 is 1. The van der Waals surface area contributed by atoms with Gasteiger partial charge in [0.05, 0.1) is 18.4 Å². The number of aryl methyl sites for hydroxylation is 1. The molecular weight excluding hydrogens is 261 g/mol. The van der Waals surface area contributed by atoms with E-state index in [1.54, 1.807) is 6.92 Å². The van der Waals surface area contributed by atoms with Crippen molar-refractivity contribution in [3.8, 4) is 11.8 Å². The van der Waals surface area contributed by atoms with Crippen LogP contribution in [0.15, 0.2) is 24.4 Å². The molecular formula is C14H12FN3O2. The second kappa shape index (κ2) is 5.05. The molecule has 0 unspecified atom stereocenters. The number of nitriles is 1. The summed E-state index contributed by atoms with van der Waals surface area (Å²) < 4.78 is 19.3. The fraction of sp³-hybridized carbons (Fsp3) is 0.143. The summed E-state index contributed by atoms with van der Waals surface area (Å²) in [5.74, 6) is -1.04. The van der Waals surface area contributed by atoms with Crippen molar-refractivity contribution >= 4 is 11.7 Å². The van der Waals surface area contributed by atoms with Crippen LogP contribution in [0.1, 0.15) is 21.6 Å². The summed E-state index contributed by atoms with van der Waals surface area (Å²) in [6.07, 6.45) is 1.43. The van der Waals surface area contributed by atoms with Crippen molar-refractivity contribution in [2.24, 2.45) is 0 Å². The van der Waals surface area contributed by atoms with Crippen molar-refractivity contribution in [3.63, 3.8) is 0 Å². The molecule has 20 heavy (non-hydrogen) atoms. The van der Waals surface area contributed by atoms with Gasteiger partial charge in [-0.1, -0.05) is 0 Å². The van der Waals surface area contributed by atoms with E-state index >= 15 is 0 Å². The molecule has 0 aliphatic heterocycles. The number of nitrogen functional groups attached to an aromatic ring is 1. The molecule has 0 fully saturated rings. The summed E-state index contributed by atoms with van der Waals surface area (Å²) in [5, 5.41) is 9.02. The number of halogens is 1. The minimum absolute atomic E-state index is 0.0445. The maximum absolute atomic E-state index is 13.2. The van der Waals surface area contributed by atoms with Gasteiger partial charge in [-0.15, -0.1) is 0 Å². The quantitative estimate of drug-likeness (QED) is 0.850. The Balaban J connectivity index is 2.74. The Labute approximate surface area is 115 Å². The van der Waals surface area contributed by atoms with E-state index in [9.17, 15) is 9.18 Å². The van der Waals surface area contributed by atoms with E-state index in [1.807, 2.05) is 6.07 Å². The van der Waals surface area contributed by atoms with Gasteiger partial charge in [-0.05, 0) is 30.7 Å². The van der Waals surface area contributed by atoms with E-state index < -0.39 is 5.97 Å². The van der Waals surface area contributed by atoms with Crippen LogP contribution >= 0.6 is 0 Å². The van der Waals surface area contributed by atoms with E-state index in [0.29, 0.717) is 11.3 Å². The third kappa shape index (κ3) is 2.10. The van der Waals surface area contributed by atoms with Gasteiger partial charge in [-0.3, -0.25) is 0 Å².